The maximum absolute atomic E-state index is 13.2. The van der Waals surface area contributed by atoms with Gasteiger partial charge < -0.3 is 10.1 Å². The number of halogens is 5. The molecule has 0 saturated heterocycles. The van der Waals surface area contributed by atoms with Gasteiger partial charge in [0.1, 0.15) is 11.3 Å². The molecule has 1 N–H and O–H groups in total. The van der Waals surface area contributed by atoms with E-state index in [-0.39, 0.29) is 23.2 Å². The lowest BCUT2D eigenvalue weighted by molar-refractivity contribution is -0.145. The van der Waals surface area contributed by atoms with Crippen molar-refractivity contribution in [1.29, 1.82) is 0 Å². The Morgan fingerprint density at radius 3 is 2.14 bits per heavy atom. The molecule has 2 aromatic rings. The lowest BCUT2D eigenvalue weighted by atomic mass is 10.1. The Balaban J connectivity index is 2.26. The molecule has 152 valence electrons. The fourth-order valence-corrected chi connectivity index (χ4v) is 2.12. The first kappa shape index (κ1) is 21.5. The van der Waals surface area contributed by atoms with Gasteiger partial charge in [0.15, 0.2) is 0 Å². The Morgan fingerprint density at radius 1 is 1.07 bits per heavy atom. The topological polar surface area (TPSA) is 77.0 Å². The van der Waals surface area contributed by atoms with Gasteiger partial charge in [-0.25, -0.2) is 23.5 Å². The summed E-state index contributed by atoms with van der Waals surface area (Å²) in [6.45, 7) is 4.62. The second-order valence-electron chi connectivity index (χ2n) is 6.72. The molecule has 0 aliphatic carbocycles. The van der Waals surface area contributed by atoms with Gasteiger partial charge in [-0.15, -0.1) is 0 Å². The molecule has 0 aliphatic rings. The van der Waals surface area contributed by atoms with Crippen LogP contribution in [0.25, 0.3) is 11.1 Å². The van der Waals surface area contributed by atoms with Crippen LogP contribution < -0.4 is 5.32 Å². The highest BCUT2D eigenvalue weighted by atomic mass is 19.4. The molecule has 11 heteroatoms. The van der Waals surface area contributed by atoms with E-state index in [0.717, 1.165) is 18.6 Å². The molecule has 0 atom stereocenters. The number of aromatic nitrogens is 3. The van der Waals surface area contributed by atoms with E-state index in [2.05, 4.69) is 20.3 Å². The highest BCUT2D eigenvalue weighted by Gasteiger charge is 2.34. The van der Waals surface area contributed by atoms with Crippen molar-refractivity contribution in [2.45, 2.75) is 45.5 Å². The molecule has 0 bridgehead atoms. The summed E-state index contributed by atoms with van der Waals surface area (Å²) >= 11 is 0. The van der Waals surface area contributed by atoms with Crippen LogP contribution >= 0.6 is 0 Å². The van der Waals surface area contributed by atoms with Crippen LogP contribution in [0.1, 0.15) is 44.3 Å². The summed E-state index contributed by atoms with van der Waals surface area (Å²) in [5.41, 5.74) is -0.974. The van der Waals surface area contributed by atoms with E-state index >= 15 is 0 Å². The Kier molecular flexibility index (Phi) is 6.15. The summed E-state index contributed by atoms with van der Waals surface area (Å²) in [7, 11) is 0. The van der Waals surface area contributed by atoms with Gasteiger partial charge in [-0.2, -0.15) is 13.2 Å². The molecular formula is C17H17F5N4O2. The molecule has 0 aliphatic heterocycles. The molecule has 0 saturated carbocycles. The molecule has 0 fully saturated rings. The minimum absolute atomic E-state index is 0.0155. The third-order valence-electron chi connectivity index (χ3n) is 3.27. The Morgan fingerprint density at radius 2 is 1.64 bits per heavy atom. The molecule has 0 spiro atoms. The zero-order valence-corrected chi connectivity index (χ0v) is 15.1. The van der Waals surface area contributed by atoms with Crippen molar-refractivity contribution in [3.63, 3.8) is 0 Å². The van der Waals surface area contributed by atoms with Crippen LogP contribution in [0.2, 0.25) is 0 Å². The maximum atomic E-state index is 13.2. The van der Waals surface area contributed by atoms with Gasteiger partial charge in [0.05, 0.1) is 0 Å². The van der Waals surface area contributed by atoms with Crippen LogP contribution in [0.4, 0.5) is 26.7 Å². The van der Waals surface area contributed by atoms with Gasteiger partial charge in [0, 0.05) is 36.3 Å². The maximum Gasteiger partial charge on any atom is 0.451 e. The van der Waals surface area contributed by atoms with Gasteiger partial charge in [-0.05, 0) is 32.4 Å². The lowest BCUT2D eigenvalue weighted by Crippen LogP contribution is -2.32. The van der Waals surface area contributed by atoms with E-state index in [1.54, 1.807) is 20.8 Å². The summed E-state index contributed by atoms with van der Waals surface area (Å²) in [5, 5.41) is 2.34. The molecule has 2 heterocycles. The van der Waals surface area contributed by atoms with Gasteiger partial charge >= 0.3 is 12.3 Å². The monoisotopic (exact) mass is 404 g/mol. The Labute approximate surface area is 157 Å². The zero-order chi connectivity index (χ0) is 21.1. The number of hydrogen-bond acceptors (Lipinski definition) is 5. The summed E-state index contributed by atoms with van der Waals surface area (Å²) in [6.07, 6.45) is -5.51. The number of rotatable bonds is 4. The van der Waals surface area contributed by atoms with Crippen molar-refractivity contribution in [3.05, 3.63) is 41.7 Å². The molecule has 28 heavy (non-hydrogen) atoms. The Hall–Kier alpha value is -2.85. The third kappa shape index (κ3) is 5.83. The molecule has 2 aromatic heterocycles. The number of carbonyl (C=O) groups excluding carboxylic acids is 1. The number of alkyl halides is 5. The van der Waals surface area contributed by atoms with E-state index in [4.69, 9.17) is 4.74 Å². The van der Waals surface area contributed by atoms with Crippen LogP contribution in [0.5, 0.6) is 0 Å². The van der Waals surface area contributed by atoms with Crippen molar-refractivity contribution in [3.8, 4) is 11.1 Å². The number of amides is 1. The highest BCUT2D eigenvalue weighted by Crippen LogP contribution is 2.28. The first-order valence-electron chi connectivity index (χ1n) is 8.00. The van der Waals surface area contributed by atoms with E-state index in [0.29, 0.717) is 0 Å². The summed E-state index contributed by atoms with van der Waals surface area (Å²) < 4.78 is 69.1. The predicted molar refractivity (Wildman–Crippen MR) is 88.3 cm³/mol. The van der Waals surface area contributed by atoms with Gasteiger partial charge in [-0.1, -0.05) is 0 Å². The third-order valence-corrected chi connectivity index (χ3v) is 3.27. The van der Waals surface area contributed by atoms with Gasteiger partial charge in [-0.3, -0.25) is 4.98 Å². The number of nitrogens with zero attached hydrogens (tertiary/aromatic N) is 3. The minimum atomic E-state index is -4.70. The van der Waals surface area contributed by atoms with Gasteiger partial charge in [0.25, 0.3) is 6.43 Å². The number of alkyl carbamates (subject to hydrolysis) is 1. The van der Waals surface area contributed by atoms with Gasteiger partial charge in [0.2, 0.25) is 5.82 Å². The molecule has 0 unspecified atom stereocenters. The number of ether oxygens (including phenoxy) is 1. The van der Waals surface area contributed by atoms with Crippen molar-refractivity contribution in [2.75, 3.05) is 0 Å². The molecular weight excluding hydrogens is 387 g/mol. The Bertz CT molecular complexity index is 833. The number of pyridine rings is 1. The minimum Gasteiger partial charge on any atom is -0.444 e. The number of nitrogens with one attached hydrogen (secondary N) is 1. The van der Waals surface area contributed by atoms with Crippen molar-refractivity contribution < 1.29 is 31.5 Å². The molecule has 0 aromatic carbocycles. The quantitative estimate of drug-likeness (QED) is 0.759. The van der Waals surface area contributed by atoms with Crippen LogP contribution in [-0.4, -0.2) is 26.6 Å². The SMILES string of the molecule is CC(C)(C)OC(=O)NCc1cc(-c2cnc(C(F)(F)F)nc2)cnc1C(F)F. The second-order valence-corrected chi connectivity index (χ2v) is 6.72. The van der Waals surface area contributed by atoms with Crippen molar-refractivity contribution in [1.82, 2.24) is 20.3 Å². The number of hydrogen-bond donors (Lipinski definition) is 1. The average Bonchev–Trinajstić information content (AvgIpc) is 2.57. The van der Waals surface area contributed by atoms with Crippen LogP contribution in [0, 0.1) is 0 Å². The van der Waals surface area contributed by atoms with Crippen LogP contribution in [0.15, 0.2) is 24.7 Å². The number of carbonyl (C=O) groups is 1. The average molecular weight is 404 g/mol. The smallest absolute Gasteiger partial charge is 0.444 e. The summed E-state index contributed by atoms with van der Waals surface area (Å²) in [5.74, 6) is -1.32. The highest BCUT2D eigenvalue weighted by molar-refractivity contribution is 5.68. The normalized spacial score (nSPS) is 12.2. The summed E-state index contributed by atoms with van der Waals surface area (Å²) in [4.78, 5) is 21.8. The van der Waals surface area contributed by atoms with E-state index in [9.17, 15) is 26.7 Å². The van der Waals surface area contributed by atoms with Crippen molar-refractivity contribution in [2.24, 2.45) is 0 Å². The summed E-state index contributed by atoms with van der Waals surface area (Å²) in [6, 6.07) is 1.28. The lowest BCUT2D eigenvalue weighted by Gasteiger charge is -2.20. The predicted octanol–water partition coefficient (Wildman–Crippen LogP) is 4.52. The second kappa shape index (κ2) is 8.03. The largest absolute Gasteiger partial charge is 0.451 e. The fourth-order valence-electron chi connectivity index (χ4n) is 2.12. The van der Waals surface area contributed by atoms with E-state index in [1.807, 2.05) is 0 Å². The zero-order valence-electron chi connectivity index (χ0n) is 15.1. The molecule has 0 radical (unpaired) electrons. The van der Waals surface area contributed by atoms with Crippen molar-refractivity contribution >= 4 is 6.09 Å². The fraction of sp³-hybridized carbons (Fsp3) is 0.412. The van der Waals surface area contributed by atoms with E-state index in [1.165, 1.54) is 6.07 Å². The van der Waals surface area contributed by atoms with E-state index < -0.39 is 35.8 Å². The first-order chi connectivity index (χ1) is 12.9. The van der Waals surface area contributed by atoms with Crippen LogP contribution in [0.3, 0.4) is 0 Å². The van der Waals surface area contributed by atoms with Crippen LogP contribution in [-0.2, 0) is 17.5 Å². The molecule has 6 nitrogen and oxygen atoms in total. The first-order valence-corrected chi connectivity index (χ1v) is 8.00. The molecule has 2 rings (SSSR count). The molecule has 1 amide bonds. The standard InChI is InChI=1S/C17H17F5N4O2/c1-16(2,3)28-15(27)26-6-10-4-9(5-23-12(10)13(18)19)11-7-24-14(25-8-11)17(20,21)22/h4-5,7-8,13H,6H2,1-3H3,(H,26,27).